The van der Waals surface area contributed by atoms with Crippen molar-refractivity contribution >= 4 is 27.4 Å². The number of hydrogen-bond acceptors (Lipinski definition) is 6. The van der Waals surface area contributed by atoms with E-state index in [0.29, 0.717) is 17.6 Å². The van der Waals surface area contributed by atoms with Gasteiger partial charge in [-0.15, -0.1) is 11.3 Å². The lowest BCUT2D eigenvalue weighted by molar-refractivity contribution is 0.0579. The average Bonchev–Trinajstić information content (AvgIpc) is 2.68. The van der Waals surface area contributed by atoms with Crippen LogP contribution in [0.4, 0.5) is 5.82 Å². The topological polar surface area (TPSA) is 73.1 Å². The van der Waals surface area contributed by atoms with Gasteiger partial charge in [0.15, 0.2) is 11.6 Å². The van der Waals surface area contributed by atoms with Crippen molar-refractivity contribution in [2.75, 3.05) is 12.5 Å². The number of hydrogen-bond donors (Lipinski definition) is 2. The van der Waals surface area contributed by atoms with Gasteiger partial charge in [0.1, 0.15) is 10.9 Å². The molecule has 2 heterocycles. The second-order valence-electron chi connectivity index (χ2n) is 4.55. The standard InChI is InChI=1S/C12H18N4OS/c1-6(2)9(17-4)11-14-10(16-13)8-5-7(3)18-12(8)15-11/h5-6,9H,13H2,1-4H3,(H,14,15,16). The van der Waals surface area contributed by atoms with Crippen LogP contribution in [0.25, 0.3) is 10.2 Å². The molecule has 2 aromatic heterocycles. The van der Waals surface area contributed by atoms with Gasteiger partial charge in [-0.05, 0) is 18.9 Å². The molecule has 0 saturated carbocycles. The zero-order chi connectivity index (χ0) is 13.3. The third kappa shape index (κ3) is 2.31. The Morgan fingerprint density at radius 1 is 1.39 bits per heavy atom. The number of nitrogens with zero attached hydrogens (tertiary/aromatic N) is 2. The fourth-order valence-electron chi connectivity index (χ4n) is 1.97. The Balaban J connectivity index is 2.58. The molecule has 98 valence electrons. The van der Waals surface area contributed by atoms with Crippen molar-refractivity contribution in [1.29, 1.82) is 0 Å². The number of fused-ring (bicyclic) bond motifs is 1. The number of thiophene rings is 1. The lowest BCUT2D eigenvalue weighted by Gasteiger charge is -2.18. The number of methoxy groups -OCH3 is 1. The van der Waals surface area contributed by atoms with Crippen molar-refractivity contribution in [3.05, 3.63) is 16.8 Å². The number of nitrogen functional groups attached to an aromatic ring is 1. The molecule has 2 aromatic rings. The monoisotopic (exact) mass is 266 g/mol. The van der Waals surface area contributed by atoms with Gasteiger partial charge in [-0.2, -0.15) is 0 Å². The van der Waals surface area contributed by atoms with Crippen molar-refractivity contribution in [3.63, 3.8) is 0 Å². The summed E-state index contributed by atoms with van der Waals surface area (Å²) in [5.41, 5.74) is 2.64. The normalized spacial score (nSPS) is 13.2. The van der Waals surface area contributed by atoms with Crippen LogP contribution in [-0.4, -0.2) is 17.1 Å². The predicted molar refractivity (Wildman–Crippen MR) is 74.6 cm³/mol. The zero-order valence-electron chi connectivity index (χ0n) is 11.0. The molecule has 0 aliphatic heterocycles. The summed E-state index contributed by atoms with van der Waals surface area (Å²) in [6, 6.07) is 2.04. The predicted octanol–water partition coefficient (Wildman–Crippen LogP) is 2.63. The largest absolute Gasteiger partial charge is 0.373 e. The van der Waals surface area contributed by atoms with E-state index in [4.69, 9.17) is 10.6 Å². The van der Waals surface area contributed by atoms with E-state index < -0.39 is 0 Å². The van der Waals surface area contributed by atoms with Crippen molar-refractivity contribution in [1.82, 2.24) is 9.97 Å². The Labute approximate surface area is 110 Å². The van der Waals surface area contributed by atoms with E-state index >= 15 is 0 Å². The average molecular weight is 266 g/mol. The maximum Gasteiger partial charge on any atom is 0.161 e. The molecule has 6 heteroatoms. The van der Waals surface area contributed by atoms with E-state index in [2.05, 4.69) is 29.2 Å². The highest BCUT2D eigenvalue weighted by Gasteiger charge is 2.20. The first kappa shape index (κ1) is 13.2. The van der Waals surface area contributed by atoms with Gasteiger partial charge in [0.2, 0.25) is 0 Å². The summed E-state index contributed by atoms with van der Waals surface area (Å²) in [6.07, 6.45) is -0.121. The van der Waals surface area contributed by atoms with Gasteiger partial charge in [-0.25, -0.2) is 15.8 Å². The van der Waals surface area contributed by atoms with Gasteiger partial charge in [-0.3, -0.25) is 0 Å². The Kier molecular flexibility index (Phi) is 3.79. The molecule has 0 aliphatic rings. The van der Waals surface area contributed by atoms with Crippen LogP contribution in [0.2, 0.25) is 0 Å². The maximum atomic E-state index is 5.54. The van der Waals surface area contributed by atoms with Crippen LogP contribution < -0.4 is 11.3 Å². The second-order valence-corrected chi connectivity index (χ2v) is 5.79. The highest BCUT2D eigenvalue weighted by atomic mass is 32.1. The van der Waals surface area contributed by atoms with Crippen LogP contribution in [0.3, 0.4) is 0 Å². The first-order chi connectivity index (χ1) is 8.56. The van der Waals surface area contributed by atoms with Crippen LogP contribution in [-0.2, 0) is 4.74 Å². The van der Waals surface area contributed by atoms with Gasteiger partial charge in [-0.1, -0.05) is 13.8 Å². The molecule has 0 bridgehead atoms. The molecular weight excluding hydrogens is 248 g/mol. The molecule has 0 spiro atoms. The molecule has 1 unspecified atom stereocenters. The summed E-state index contributed by atoms with van der Waals surface area (Å²) in [7, 11) is 1.67. The molecular formula is C12H18N4OS. The minimum atomic E-state index is -0.121. The highest BCUT2D eigenvalue weighted by molar-refractivity contribution is 7.18. The summed E-state index contributed by atoms with van der Waals surface area (Å²) in [6.45, 7) is 6.20. The minimum absolute atomic E-state index is 0.121. The van der Waals surface area contributed by atoms with E-state index in [-0.39, 0.29) is 6.10 Å². The highest BCUT2D eigenvalue weighted by Crippen LogP contribution is 2.31. The number of ether oxygens (including phenoxy) is 1. The summed E-state index contributed by atoms with van der Waals surface area (Å²) in [5, 5.41) is 0.961. The molecule has 0 aliphatic carbocycles. The van der Waals surface area contributed by atoms with Gasteiger partial charge < -0.3 is 10.2 Å². The van der Waals surface area contributed by atoms with Crippen LogP contribution in [0.1, 0.15) is 30.7 Å². The molecule has 5 nitrogen and oxygen atoms in total. The molecule has 3 N–H and O–H groups in total. The molecule has 0 amide bonds. The molecule has 0 aromatic carbocycles. The Bertz CT molecular complexity index is 552. The van der Waals surface area contributed by atoms with E-state index in [9.17, 15) is 0 Å². The smallest absolute Gasteiger partial charge is 0.161 e. The van der Waals surface area contributed by atoms with Gasteiger partial charge >= 0.3 is 0 Å². The molecule has 1 atom stereocenters. The van der Waals surface area contributed by atoms with Crippen LogP contribution in [0.15, 0.2) is 6.07 Å². The number of nitrogens with two attached hydrogens (primary N) is 1. The van der Waals surface area contributed by atoms with Crippen molar-refractivity contribution in [2.24, 2.45) is 11.8 Å². The summed E-state index contributed by atoms with van der Waals surface area (Å²) in [5.74, 6) is 7.17. The SMILES string of the molecule is COC(c1nc(NN)c2cc(C)sc2n1)C(C)C. The summed E-state index contributed by atoms with van der Waals surface area (Å²) in [4.78, 5) is 11.2. The quantitative estimate of drug-likeness (QED) is 0.657. The number of hydrazine groups is 1. The Morgan fingerprint density at radius 2 is 2.11 bits per heavy atom. The van der Waals surface area contributed by atoms with E-state index in [1.807, 2.05) is 13.0 Å². The number of rotatable bonds is 4. The van der Waals surface area contributed by atoms with Crippen LogP contribution in [0, 0.1) is 12.8 Å². The third-order valence-corrected chi connectivity index (χ3v) is 3.73. The van der Waals surface area contributed by atoms with Gasteiger partial charge in [0, 0.05) is 12.0 Å². The van der Waals surface area contributed by atoms with Crippen LogP contribution >= 0.6 is 11.3 Å². The number of aryl methyl sites for hydroxylation is 1. The number of anilines is 1. The lowest BCUT2D eigenvalue weighted by Crippen LogP contribution is -2.16. The molecule has 0 fully saturated rings. The maximum absolute atomic E-state index is 5.54. The first-order valence-electron chi connectivity index (χ1n) is 5.84. The number of nitrogens with one attached hydrogen (secondary N) is 1. The van der Waals surface area contributed by atoms with E-state index in [1.165, 1.54) is 4.88 Å². The molecule has 2 rings (SSSR count). The lowest BCUT2D eigenvalue weighted by atomic mass is 10.1. The van der Waals surface area contributed by atoms with Crippen molar-refractivity contribution in [2.45, 2.75) is 26.9 Å². The summed E-state index contributed by atoms with van der Waals surface area (Å²) < 4.78 is 5.46. The van der Waals surface area contributed by atoms with Crippen LogP contribution in [0.5, 0.6) is 0 Å². The fourth-order valence-corrected chi connectivity index (χ4v) is 2.86. The Morgan fingerprint density at radius 3 is 2.67 bits per heavy atom. The van der Waals surface area contributed by atoms with Crippen molar-refractivity contribution < 1.29 is 4.74 Å². The second kappa shape index (κ2) is 5.17. The first-order valence-corrected chi connectivity index (χ1v) is 6.66. The van der Waals surface area contributed by atoms with Gasteiger partial charge in [0.25, 0.3) is 0 Å². The minimum Gasteiger partial charge on any atom is -0.373 e. The van der Waals surface area contributed by atoms with Crippen molar-refractivity contribution in [3.8, 4) is 0 Å². The Hall–Kier alpha value is -1.24. The molecule has 0 saturated heterocycles. The molecule has 18 heavy (non-hydrogen) atoms. The third-order valence-electron chi connectivity index (χ3n) is 2.78. The van der Waals surface area contributed by atoms with Gasteiger partial charge in [0.05, 0.1) is 5.39 Å². The fraction of sp³-hybridized carbons (Fsp3) is 0.500. The molecule has 0 radical (unpaired) electrons. The number of aromatic nitrogens is 2. The summed E-state index contributed by atoms with van der Waals surface area (Å²) >= 11 is 1.63. The van der Waals surface area contributed by atoms with E-state index in [1.54, 1.807) is 18.4 Å². The van der Waals surface area contributed by atoms with E-state index in [0.717, 1.165) is 10.2 Å². The zero-order valence-corrected chi connectivity index (χ0v) is 11.8.